The van der Waals surface area contributed by atoms with Crippen LogP contribution in [0, 0.1) is 6.92 Å². The highest BCUT2D eigenvalue weighted by molar-refractivity contribution is 7.52. The lowest BCUT2D eigenvalue weighted by atomic mass is 10.1. The Balaban J connectivity index is 0.00000127. The van der Waals surface area contributed by atoms with Crippen LogP contribution in [0.2, 0.25) is 0 Å². The molecule has 2 unspecified atom stereocenters. The summed E-state index contributed by atoms with van der Waals surface area (Å²) in [6.07, 6.45) is 1.64. The Bertz CT molecular complexity index is 1360. The first-order chi connectivity index (χ1) is 18.2. The van der Waals surface area contributed by atoms with Crippen molar-refractivity contribution in [2.45, 2.75) is 58.0 Å². The fourth-order valence-electron chi connectivity index (χ4n) is 3.73. The number of azide groups is 1. The van der Waals surface area contributed by atoms with Gasteiger partial charge in [-0.3, -0.25) is 9.09 Å². The molecular formula is C22H28N9O6P. The predicted octanol–water partition coefficient (Wildman–Crippen LogP) is 3.69. The number of ether oxygens (including phenoxy) is 1. The lowest BCUT2D eigenvalue weighted by Crippen LogP contribution is -2.30. The largest absolute Gasteiger partial charge is 0.459 e. The maximum absolute atomic E-state index is 13.6. The lowest BCUT2D eigenvalue weighted by molar-refractivity contribution is -0.191. The Kier molecular flexibility index (Phi) is 9.91. The van der Waals surface area contributed by atoms with Gasteiger partial charge < -0.3 is 15.0 Å². The molecular weight excluding hydrogens is 517 g/mol. The third kappa shape index (κ3) is 7.14. The van der Waals surface area contributed by atoms with Crippen molar-refractivity contribution < 1.29 is 27.9 Å². The van der Waals surface area contributed by atoms with E-state index >= 15 is 0 Å². The first-order valence-electron chi connectivity index (χ1n) is 11.7. The van der Waals surface area contributed by atoms with Gasteiger partial charge in [-0.2, -0.15) is 9.59 Å². The summed E-state index contributed by atoms with van der Waals surface area (Å²) in [7, 11) is -3.76. The van der Waals surface area contributed by atoms with E-state index in [0.717, 1.165) is 0 Å². The maximum atomic E-state index is 13.6. The average molecular weight is 545 g/mol. The number of nitrogens with one attached hydrogen (secondary N) is 1. The van der Waals surface area contributed by atoms with E-state index < -0.39 is 26.1 Å². The monoisotopic (exact) mass is 545 g/mol. The highest BCUT2D eigenvalue weighted by atomic mass is 31.2. The van der Waals surface area contributed by atoms with Gasteiger partial charge in [0.2, 0.25) is 0 Å². The Hall–Kier alpha value is -3.83. The minimum Gasteiger partial charge on any atom is -0.413 e. The number of anilines is 1. The van der Waals surface area contributed by atoms with Crippen LogP contribution in [-0.4, -0.2) is 50.5 Å². The van der Waals surface area contributed by atoms with Gasteiger partial charge >= 0.3 is 13.9 Å². The number of aryl methyl sites for hydroxylation is 1. The molecule has 1 aromatic carbocycles. The molecule has 1 aliphatic heterocycles. The van der Waals surface area contributed by atoms with Gasteiger partial charge in [0.1, 0.15) is 23.3 Å². The van der Waals surface area contributed by atoms with Crippen molar-refractivity contribution in [1.82, 2.24) is 24.6 Å². The van der Waals surface area contributed by atoms with Crippen LogP contribution in [0.3, 0.4) is 0 Å². The van der Waals surface area contributed by atoms with E-state index in [-0.39, 0.29) is 24.6 Å². The highest BCUT2D eigenvalue weighted by Crippen LogP contribution is 2.46. The molecule has 1 aliphatic rings. The topological polar surface area (TPSA) is 209 Å². The second-order valence-electron chi connectivity index (χ2n) is 8.34. The van der Waals surface area contributed by atoms with E-state index in [1.807, 2.05) is 19.9 Å². The molecule has 0 saturated carbocycles. The molecule has 15 nitrogen and oxygen atoms in total. The van der Waals surface area contributed by atoms with Crippen LogP contribution in [0.25, 0.3) is 21.6 Å². The molecule has 1 saturated heterocycles. The number of benzene rings is 1. The Morgan fingerprint density at radius 2 is 2.08 bits per heavy atom. The fraction of sp³-hybridized carbons (Fsp3) is 0.455. The Morgan fingerprint density at radius 3 is 2.74 bits per heavy atom. The van der Waals surface area contributed by atoms with Crippen LogP contribution in [0.4, 0.5) is 5.82 Å². The summed E-state index contributed by atoms with van der Waals surface area (Å²) in [5.74, 6) is 1.17. The van der Waals surface area contributed by atoms with Crippen LogP contribution in [-0.2, 0) is 23.4 Å². The number of fused-ring (bicyclic) bond motifs is 1. The zero-order chi connectivity index (χ0) is 27.7. The molecule has 2 aromatic heterocycles. The summed E-state index contributed by atoms with van der Waals surface area (Å²) < 4.78 is 33.0. The number of para-hydroxylation sites is 1. The number of nitrogens with zero attached hydrogens (tertiary/aromatic N) is 7. The number of imidazole rings is 1. The SMILES string of the molecule is CC[C@H](C)NP(=O)(OC[C@H]1O[C@@H](n2cnc3c(N)nc(C)nc32)CC1N=[N+]=[N-])Oc1ccccc1.O=C=O. The molecule has 0 bridgehead atoms. The van der Waals surface area contributed by atoms with E-state index in [2.05, 4.69) is 30.1 Å². The third-order valence-corrected chi connectivity index (χ3v) is 7.34. The number of hydrogen-bond acceptors (Lipinski definition) is 11. The molecule has 0 amide bonds. The van der Waals surface area contributed by atoms with E-state index in [1.165, 1.54) is 0 Å². The van der Waals surface area contributed by atoms with Gasteiger partial charge in [-0.1, -0.05) is 30.2 Å². The zero-order valence-corrected chi connectivity index (χ0v) is 21.9. The van der Waals surface area contributed by atoms with E-state index in [9.17, 15) is 4.57 Å². The van der Waals surface area contributed by atoms with Crippen LogP contribution in [0.1, 0.15) is 38.7 Å². The summed E-state index contributed by atoms with van der Waals surface area (Å²) in [6.45, 7) is 5.45. The summed E-state index contributed by atoms with van der Waals surface area (Å²) >= 11 is 0. The highest BCUT2D eigenvalue weighted by Gasteiger charge is 2.39. The average Bonchev–Trinajstić information content (AvgIpc) is 3.48. The van der Waals surface area contributed by atoms with Crippen molar-refractivity contribution in [1.29, 1.82) is 0 Å². The molecule has 0 spiro atoms. The predicted molar refractivity (Wildman–Crippen MR) is 134 cm³/mol. The standard InChI is InChI=1S/C21H28N9O4P.CO2/c1-4-13(2)28-35(31,34-15-8-6-5-7-9-15)32-11-17-16(27-29-23)10-18(33-17)30-12-24-19-20(22)25-14(3)26-21(19)30;2-1-3/h5-9,12-13,16-18H,4,10-11H2,1-3H3,(H,28,31)(H2,22,25,26);/t13-,16?,17+,18+,35?;/m0./s1. The first kappa shape index (κ1) is 28.7. The van der Waals surface area contributed by atoms with Gasteiger partial charge in [-0.15, -0.1) is 0 Å². The molecule has 38 heavy (non-hydrogen) atoms. The molecule has 0 aliphatic carbocycles. The van der Waals surface area contributed by atoms with Crippen molar-refractivity contribution in [2.24, 2.45) is 5.11 Å². The summed E-state index contributed by atoms with van der Waals surface area (Å²) in [5.41, 5.74) is 16.0. The molecule has 1 fully saturated rings. The fourth-order valence-corrected chi connectivity index (χ4v) is 5.37. The molecule has 3 heterocycles. The quantitative estimate of drug-likeness (QED) is 0.162. The molecule has 0 radical (unpaired) electrons. The number of hydrogen-bond donors (Lipinski definition) is 2. The lowest BCUT2D eigenvalue weighted by Gasteiger charge is -2.25. The van der Waals surface area contributed by atoms with Crippen LogP contribution >= 0.6 is 7.75 Å². The minimum atomic E-state index is -3.76. The summed E-state index contributed by atoms with van der Waals surface area (Å²) in [6, 6.07) is 8.07. The zero-order valence-electron chi connectivity index (χ0n) is 21.0. The molecule has 3 aromatic rings. The maximum Gasteiger partial charge on any atom is 0.459 e. The van der Waals surface area contributed by atoms with Crippen LogP contribution in [0.5, 0.6) is 5.75 Å². The van der Waals surface area contributed by atoms with Gasteiger partial charge in [0.05, 0.1) is 25.1 Å². The molecule has 16 heteroatoms. The number of nitrogens with two attached hydrogens (primary N) is 1. The normalized spacial score (nSPS) is 20.9. The first-order valence-corrected chi connectivity index (χ1v) is 13.2. The second kappa shape index (κ2) is 13.1. The van der Waals surface area contributed by atoms with Crippen molar-refractivity contribution >= 4 is 30.9 Å². The third-order valence-electron chi connectivity index (χ3n) is 5.64. The van der Waals surface area contributed by atoms with Gasteiger partial charge in [-0.05, 0) is 37.9 Å². The van der Waals surface area contributed by atoms with Crippen LogP contribution in [0.15, 0.2) is 41.8 Å². The van der Waals surface area contributed by atoms with Crippen LogP contribution < -0.4 is 15.3 Å². The minimum absolute atomic E-state index is 0.125. The molecule has 5 atom stereocenters. The van der Waals surface area contributed by atoms with Gasteiger partial charge in [0, 0.05) is 17.4 Å². The van der Waals surface area contributed by atoms with Gasteiger partial charge in [-0.25, -0.2) is 24.6 Å². The van der Waals surface area contributed by atoms with Crippen molar-refractivity contribution in [3.8, 4) is 5.75 Å². The van der Waals surface area contributed by atoms with Crippen molar-refractivity contribution in [2.75, 3.05) is 12.3 Å². The smallest absolute Gasteiger partial charge is 0.413 e. The summed E-state index contributed by atoms with van der Waals surface area (Å²) in [5, 5.41) is 6.82. The van der Waals surface area contributed by atoms with Crippen molar-refractivity contribution in [3.05, 3.63) is 52.9 Å². The Morgan fingerprint density at radius 1 is 1.37 bits per heavy atom. The van der Waals surface area contributed by atoms with Gasteiger partial charge in [0.25, 0.3) is 0 Å². The van der Waals surface area contributed by atoms with Crippen molar-refractivity contribution in [3.63, 3.8) is 0 Å². The summed E-state index contributed by atoms with van der Waals surface area (Å²) in [4.78, 5) is 32.1. The Labute approximate surface area is 217 Å². The molecule has 3 N–H and O–H groups in total. The number of nitrogen functional groups attached to an aromatic ring is 1. The van der Waals surface area contributed by atoms with E-state index in [0.29, 0.717) is 35.6 Å². The second-order valence-corrected chi connectivity index (χ2v) is 10.0. The van der Waals surface area contributed by atoms with E-state index in [4.69, 9.17) is 34.6 Å². The van der Waals surface area contributed by atoms with Gasteiger partial charge in [0.15, 0.2) is 11.5 Å². The van der Waals surface area contributed by atoms with E-state index in [1.54, 1.807) is 42.1 Å². The molecule has 202 valence electrons. The number of rotatable bonds is 10. The number of aromatic nitrogens is 4. The molecule has 4 rings (SSSR count). The number of carbonyl (C=O) groups excluding carboxylic acids is 2.